The molecule has 0 amide bonds. The summed E-state index contributed by atoms with van der Waals surface area (Å²) in [6, 6.07) is 4.56. The summed E-state index contributed by atoms with van der Waals surface area (Å²) in [5.74, 6) is 0.347. The molecule has 106 valence electrons. The lowest BCUT2D eigenvalue weighted by Gasteiger charge is -2.27. The first kappa shape index (κ1) is 14.5. The number of rotatable bonds is 7. The molecular formula is C16H26N2O. The zero-order chi connectivity index (χ0) is 13.9. The van der Waals surface area contributed by atoms with Crippen LogP contribution in [0.2, 0.25) is 0 Å². The summed E-state index contributed by atoms with van der Waals surface area (Å²) < 4.78 is 0. The lowest BCUT2D eigenvalue weighted by molar-refractivity contribution is 0.0492. The van der Waals surface area contributed by atoms with Gasteiger partial charge in [-0.1, -0.05) is 13.8 Å². The van der Waals surface area contributed by atoms with Crippen molar-refractivity contribution in [3.63, 3.8) is 0 Å². The summed E-state index contributed by atoms with van der Waals surface area (Å²) in [5.41, 5.74) is 1.45. The SMILES string of the molecule is CC(C)[C@H](O)C1(CN[C@@H](C)Cc2ccncc2)CC1. The van der Waals surface area contributed by atoms with Gasteiger partial charge in [-0.3, -0.25) is 4.98 Å². The van der Waals surface area contributed by atoms with E-state index < -0.39 is 0 Å². The highest BCUT2D eigenvalue weighted by Crippen LogP contribution is 2.50. The molecule has 1 aromatic rings. The van der Waals surface area contributed by atoms with Crippen LogP contribution in [0.1, 0.15) is 39.2 Å². The molecule has 1 heterocycles. The smallest absolute Gasteiger partial charge is 0.0631 e. The number of hydrogen-bond acceptors (Lipinski definition) is 3. The minimum atomic E-state index is -0.173. The van der Waals surface area contributed by atoms with Gasteiger partial charge in [0.25, 0.3) is 0 Å². The third-order valence-electron chi connectivity index (χ3n) is 4.24. The minimum Gasteiger partial charge on any atom is -0.392 e. The lowest BCUT2D eigenvalue weighted by Crippen LogP contribution is -2.40. The average molecular weight is 262 g/mol. The van der Waals surface area contributed by atoms with Crippen LogP contribution in [-0.4, -0.2) is 28.8 Å². The number of aliphatic hydroxyl groups is 1. The second-order valence-electron chi connectivity index (χ2n) is 6.39. The Bertz CT molecular complexity index is 387. The van der Waals surface area contributed by atoms with Crippen LogP contribution in [-0.2, 0) is 6.42 Å². The summed E-state index contributed by atoms with van der Waals surface area (Å²) in [7, 11) is 0. The number of pyridine rings is 1. The van der Waals surface area contributed by atoms with E-state index in [1.165, 1.54) is 5.56 Å². The standard InChI is InChI=1S/C16H26N2O/c1-12(2)15(19)16(6-7-16)11-18-13(3)10-14-4-8-17-9-5-14/h4-5,8-9,12-13,15,18-19H,6-7,10-11H2,1-3H3/t13-,15-/m0/s1. The van der Waals surface area contributed by atoms with Crippen LogP contribution in [0.5, 0.6) is 0 Å². The maximum absolute atomic E-state index is 10.3. The van der Waals surface area contributed by atoms with Gasteiger partial charge in [0.1, 0.15) is 0 Å². The van der Waals surface area contributed by atoms with Gasteiger partial charge in [0.15, 0.2) is 0 Å². The predicted molar refractivity (Wildman–Crippen MR) is 77.9 cm³/mol. The van der Waals surface area contributed by atoms with Crippen LogP contribution in [0.4, 0.5) is 0 Å². The molecule has 3 heteroatoms. The highest BCUT2D eigenvalue weighted by atomic mass is 16.3. The third kappa shape index (κ3) is 3.77. The summed E-state index contributed by atoms with van der Waals surface area (Å²) in [4.78, 5) is 4.04. The monoisotopic (exact) mass is 262 g/mol. The Kier molecular flexibility index (Phi) is 4.58. The molecule has 19 heavy (non-hydrogen) atoms. The van der Waals surface area contributed by atoms with E-state index in [1.54, 1.807) is 0 Å². The summed E-state index contributed by atoms with van der Waals surface area (Å²) in [5, 5.41) is 13.9. The van der Waals surface area contributed by atoms with Crippen LogP contribution >= 0.6 is 0 Å². The van der Waals surface area contributed by atoms with Crippen LogP contribution in [0.15, 0.2) is 24.5 Å². The molecule has 1 aromatic heterocycles. The Morgan fingerprint density at radius 2 is 1.89 bits per heavy atom. The number of nitrogens with one attached hydrogen (secondary N) is 1. The number of aliphatic hydroxyl groups excluding tert-OH is 1. The van der Waals surface area contributed by atoms with Gasteiger partial charge in [0, 0.05) is 30.4 Å². The molecule has 2 N–H and O–H groups in total. The van der Waals surface area contributed by atoms with Crippen molar-refractivity contribution in [1.29, 1.82) is 0 Å². The van der Waals surface area contributed by atoms with Crippen molar-refractivity contribution in [2.24, 2.45) is 11.3 Å². The van der Waals surface area contributed by atoms with Crippen molar-refractivity contribution in [3.05, 3.63) is 30.1 Å². The first-order chi connectivity index (χ1) is 9.03. The summed E-state index contributed by atoms with van der Waals surface area (Å²) in [6.07, 6.45) is 6.83. The van der Waals surface area contributed by atoms with E-state index in [4.69, 9.17) is 0 Å². The molecule has 0 spiro atoms. The van der Waals surface area contributed by atoms with Crippen LogP contribution in [0.3, 0.4) is 0 Å². The van der Waals surface area contributed by atoms with E-state index in [0.29, 0.717) is 12.0 Å². The second-order valence-corrected chi connectivity index (χ2v) is 6.39. The van der Waals surface area contributed by atoms with E-state index in [9.17, 15) is 5.11 Å². The fourth-order valence-electron chi connectivity index (χ4n) is 2.77. The molecular weight excluding hydrogens is 236 g/mol. The molecule has 0 bridgehead atoms. The fourth-order valence-corrected chi connectivity index (χ4v) is 2.77. The Labute approximate surface area is 116 Å². The molecule has 0 aromatic carbocycles. The molecule has 2 atom stereocenters. The summed E-state index contributed by atoms with van der Waals surface area (Å²) in [6.45, 7) is 7.34. The van der Waals surface area contributed by atoms with Crippen molar-refractivity contribution in [3.8, 4) is 0 Å². The minimum absolute atomic E-state index is 0.140. The highest BCUT2D eigenvalue weighted by molar-refractivity contribution is 5.11. The van der Waals surface area contributed by atoms with Crippen LogP contribution in [0.25, 0.3) is 0 Å². The van der Waals surface area contributed by atoms with Gasteiger partial charge in [-0.2, -0.15) is 0 Å². The van der Waals surface area contributed by atoms with Gasteiger partial charge in [0.05, 0.1) is 6.10 Å². The predicted octanol–water partition coefficient (Wildman–Crippen LogP) is 2.40. The van der Waals surface area contributed by atoms with Crippen LogP contribution in [0, 0.1) is 11.3 Å². The lowest BCUT2D eigenvalue weighted by atomic mass is 9.90. The van der Waals surface area contributed by atoms with Gasteiger partial charge in [-0.15, -0.1) is 0 Å². The van der Waals surface area contributed by atoms with Crippen molar-refractivity contribution < 1.29 is 5.11 Å². The molecule has 0 unspecified atom stereocenters. The first-order valence-electron chi connectivity index (χ1n) is 7.34. The topological polar surface area (TPSA) is 45.1 Å². The Morgan fingerprint density at radius 1 is 1.26 bits per heavy atom. The zero-order valence-corrected chi connectivity index (χ0v) is 12.3. The normalized spacial score (nSPS) is 20.3. The van der Waals surface area contributed by atoms with E-state index in [0.717, 1.165) is 25.8 Å². The van der Waals surface area contributed by atoms with E-state index >= 15 is 0 Å². The Balaban J connectivity index is 1.79. The Morgan fingerprint density at radius 3 is 2.42 bits per heavy atom. The van der Waals surface area contributed by atoms with Gasteiger partial charge in [-0.05, 0) is 49.8 Å². The average Bonchev–Trinajstić information content (AvgIpc) is 3.18. The number of hydrogen-bond donors (Lipinski definition) is 2. The maximum atomic E-state index is 10.3. The molecule has 1 saturated carbocycles. The van der Waals surface area contributed by atoms with Gasteiger partial charge in [0.2, 0.25) is 0 Å². The molecule has 0 saturated heterocycles. The third-order valence-corrected chi connectivity index (χ3v) is 4.24. The largest absolute Gasteiger partial charge is 0.392 e. The molecule has 2 rings (SSSR count). The zero-order valence-electron chi connectivity index (χ0n) is 12.3. The first-order valence-corrected chi connectivity index (χ1v) is 7.34. The Hall–Kier alpha value is -0.930. The molecule has 1 fully saturated rings. The van der Waals surface area contributed by atoms with Crippen LogP contribution < -0.4 is 5.32 Å². The maximum Gasteiger partial charge on any atom is 0.0631 e. The second kappa shape index (κ2) is 6.02. The number of nitrogens with zero attached hydrogens (tertiary/aromatic N) is 1. The van der Waals surface area contributed by atoms with Crippen molar-refractivity contribution in [2.45, 2.75) is 52.2 Å². The van der Waals surface area contributed by atoms with Crippen molar-refractivity contribution in [2.75, 3.05) is 6.54 Å². The molecule has 1 aliphatic rings. The molecule has 3 nitrogen and oxygen atoms in total. The quantitative estimate of drug-likeness (QED) is 0.793. The molecule has 1 aliphatic carbocycles. The molecule has 0 radical (unpaired) electrons. The highest BCUT2D eigenvalue weighted by Gasteiger charge is 2.49. The van der Waals surface area contributed by atoms with Crippen molar-refractivity contribution in [1.82, 2.24) is 10.3 Å². The van der Waals surface area contributed by atoms with Crippen molar-refractivity contribution >= 4 is 0 Å². The number of aromatic nitrogens is 1. The van der Waals surface area contributed by atoms with E-state index in [-0.39, 0.29) is 11.5 Å². The van der Waals surface area contributed by atoms with Gasteiger partial charge < -0.3 is 10.4 Å². The van der Waals surface area contributed by atoms with E-state index in [2.05, 4.69) is 43.2 Å². The summed E-state index contributed by atoms with van der Waals surface area (Å²) >= 11 is 0. The molecule has 0 aliphatic heterocycles. The van der Waals surface area contributed by atoms with Gasteiger partial charge >= 0.3 is 0 Å². The fraction of sp³-hybridized carbons (Fsp3) is 0.688. The van der Waals surface area contributed by atoms with Gasteiger partial charge in [-0.25, -0.2) is 0 Å². The van der Waals surface area contributed by atoms with E-state index in [1.807, 2.05) is 12.4 Å².